The van der Waals surface area contributed by atoms with E-state index in [2.05, 4.69) is 38.8 Å². The Morgan fingerprint density at radius 2 is 1.79 bits per heavy atom. The van der Waals surface area contributed by atoms with Crippen molar-refractivity contribution in [1.29, 1.82) is 0 Å². The first-order chi connectivity index (χ1) is 13.3. The number of rotatable bonds is 6. The third-order valence-electron chi connectivity index (χ3n) is 5.93. The van der Waals surface area contributed by atoms with E-state index in [1.807, 2.05) is 39.0 Å². The van der Waals surface area contributed by atoms with Gasteiger partial charge in [0.05, 0.1) is 6.04 Å². The van der Waals surface area contributed by atoms with Gasteiger partial charge >= 0.3 is 5.97 Å². The van der Waals surface area contributed by atoms with Crippen molar-refractivity contribution >= 4 is 14.3 Å². The summed E-state index contributed by atoms with van der Waals surface area (Å²) >= 11 is 0. The molecule has 162 valence electrons. The minimum absolute atomic E-state index is 0.0256. The zero-order valence-electron chi connectivity index (χ0n) is 19.0. The molecule has 2 aliphatic heterocycles. The van der Waals surface area contributed by atoms with E-state index in [-0.39, 0.29) is 29.9 Å². The number of nitrogens with zero attached hydrogens (tertiary/aromatic N) is 1. The van der Waals surface area contributed by atoms with Crippen molar-refractivity contribution in [2.75, 3.05) is 19.9 Å². The lowest BCUT2D eigenvalue weighted by Crippen LogP contribution is -2.42. The highest BCUT2D eigenvalue weighted by molar-refractivity contribution is 6.74. The molecule has 3 atom stereocenters. The minimum atomic E-state index is -1.83. The first-order valence-corrected chi connectivity index (χ1v) is 13.2. The van der Waals surface area contributed by atoms with Crippen LogP contribution in [0, 0.1) is 0 Å². The Labute approximate surface area is 175 Å². The predicted octanol–water partition coefficient (Wildman–Crippen LogP) is 4.50. The molecule has 1 unspecified atom stereocenters. The molecule has 2 aliphatic rings. The van der Waals surface area contributed by atoms with Crippen LogP contribution in [-0.4, -0.2) is 50.8 Å². The molecule has 1 saturated heterocycles. The van der Waals surface area contributed by atoms with Crippen LogP contribution >= 0.6 is 0 Å². The van der Waals surface area contributed by atoms with E-state index >= 15 is 0 Å². The third kappa shape index (κ3) is 4.95. The Kier molecular flexibility index (Phi) is 5.79. The van der Waals surface area contributed by atoms with Gasteiger partial charge in [0.15, 0.2) is 19.8 Å². The standard InChI is InChI=1S/C22H35NO5Si/c1-21(2,3)28-20(24)19-18(15-9-10-16-17(13-15)26-14-25-16)23(19)11-12-27-29(7,8)22(4,5)6/h9-10,13,18-19H,11-12,14H2,1-8H3/t18-,19+,23?/m0/s1. The van der Waals surface area contributed by atoms with Gasteiger partial charge in [0.2, 0.25) is 6.79 Å². The number of esters is 1. The molecule has 0 aliphatic carbocycles. The van der Waals surface area contributed by atoms with Crippen molar-refractivity contribution in [1.82, 2.24) is 4.90 Å². The average molecular weight is 422 g/mol. The van der Waals surface area contributed by atoms with E-state index in [4.69, 9.17) is 18.6 Å². The highest BCUT2D eigenvalue weighted by Crippen LogP contribution is 2.47. The van der Waals surface area contributed by atoms with E-state index in [0.29, 0.717) is 13.2 Å². The lowest BCUT2D eigenvalue weighted by atomic mass is 10.1. The summed E-state index contributed by atoms with van der Waals surface area (Å²) in [4.78, 5) is 15.0. The second kappa shape index (κ2) is 7.60. The molecule has 6 nitrogen and oxygen atoms in total. The van der Waals surface area contributed by atoms with E-state index in [0.717, 1.165) is 17.1 Å². The fourth-order valence-electron chi connectivity index (χ4n) is 3.27. The second-order valence-electron chi connectivity index (χ2n) is 10.4. The fourth-order valence-corrected chi connectivity index (χ4v) is 4.31. The summed E-state index contributed by atoms with van der Waals surface area (Å²) < 4.78 is 22.9. The summed E-state index contributed by atoms with van der Waals surface area (Å²) in [5, 5.41) is 0.160. The third-order valence-corrected chi connectivity index (χ3v) is 10.5. The lowest BCUT2D eigenvalue weighted by molar-refractivity contribution is -0.155. The molecule has 0 saturated carbocycles. The van der Waals surface area contributed by atoms with Gasteiger partial charge in [-0.2, -0.15) is 0 Å². The van der Waals surface area contributed by atoms with Gasteiger partial charge in [-0.25, -0.2) is 0 Å². The summed E-state index contributed by atoms with van der Waals surface area (Å²) in [5.74, 6) is 1.29. The van der Waals surface area contributed by atoms with Gasteiger partial charge in [-0.05, 0) is 56.6 Å². The van der Waals surface area contributed by atoms with Gasteiger partial charge in [0.25, 0.3) is 0 Å². The van der Waals surface area contributed by atoms with Crippen molar-refractivity contribution < 1.29 is 23.4 Å². The van der Waals surface area contributed by atoms with Crippen LogP contribution in [0.15, 0.2) is 18.2 Å². The molecule has 7 heteroatoms. The van der Waals surface area contributed by atoms with Crippen LogP contribution in [-0.2, 0) is 14.0 Å². The van der Waals surface area contributed by atoms with Crippen molar-refractivity contribution in [3.05, 3.63) is 23.8 Å². The van der Waals surface area contributed by atoms with Crippen LogP contribution in [0.5, 0.6) is 11.5 Å². The Morgan fingerprint density at radius 3 is 2.41 bits per heavy atom. The maximum absolute atomic E-state index is 12.8. The fraction of sp³-hybridized carbons (Fsp3) is 0.682. The predicted molar refractivity (Wildman–Crippen MR) is 115 cm³/mol. The van der Waals surface area contributed by atoms with E-state index in [9.17, 15) is 4.79 Å². The van der Waals surface area contributed by atoms with Crippen molar-refractivity contribution in [3.8, 4) is 11.5 Å². The van der Waals surface area contributed by atoms with E-state index < -0.39 is 13.9 Å². The van der Waals surface area contributed by atoms with Gasteiger partial charge in [-0.3, -0.25) is 9.69 Å². The molecule has 0 aromatic heterocycles. The van der Waals surface area contributed by atoms with Crippen LogP contribution < -0.4 is 9.47 Å². The molecule has 1 fully saturated rings. The Balaban J connectivity index is 1.71. The molecule has 29 heavy (non-hydrogen) atoms. The molecule has 0 N–H and O–H groups in total. The van der Waals surface area contributed by atoms with Gasteiger partial charge in [-0.1, -0.05) is 26.8 Å². The van der Waals surface area contributed by atoms with Crippen LogP contribution in [0.1, 0.15) is 53.1 Å². The number of ether oxygens (including phenoxy) is 3. The highest BCUT2D eigenvalue weighted by Gasteiger charge is 2.55. The van der Waals surface area contributed by atoms with Gasteiger partial charge in [0.1, 0.15) is 11.6 Å². The number of hydrogen-bond acceptors (Lipinski definition) is 6. The first-order valence-electron chi connectivity index (χ1n) is 10.3. The molecule has 0 amide bonds. The molecular weight excluding hydrogens is 386 g/mol. The second-order valence-corrected chi connectivity index (χ2v) is 15.2. The van der Waals surface area contributed by atoms with E-state index in [1.165, 1.54) is 0 Å². The molecule has 2 heterocycles. The van der Waals surface area contributed by atoms with Crippen molar-refractivity contribution in [3.63, 3.8) is 0 Å². The summed E-state index contributed by atoms with van der Waals surface area (Å²) in [6, 6.07) is 5.57. The number of hydrogen-bond donors (Lipinski definition) is 0. The Bertz CT molecular complexity index is 765. The molecule has 3 rings (SSSR count). The summed E-state index contributed by atoms with van der Waals surface area (Å²) in [5.41, 5.74) is 0.528. The summed E-state index contributed by atoms with van der Waals surface area (Å²) in [6.07, 6.45) is 0. The number of benzene rings is 1. The zero-order valence-corrected chi connectivity index (χ0v) is 20.0. The zero-order chi connectivity index (χ0) is 21.6. The largest absolute Gasteiger partial charge is 0.459 e. The van der Waals surface area contributed by atoms with Gasteiger partial charge < -0.3 is 18.6 Å². The smallest absolute Gasteiger partial charge is 0.325 e. The SMILES string of the molecule is CC(C)(C)OC(=O)[C@H]1[C@H](c2ccc3c(c2)OCO3)N1CCO[Si](C)(C)C(C)(C)C. The quantitative estimate of drug-likeness (QED) is 0.383. The van der Waals surface area contributed by atoms with Crippen LogP contribution in [0.4, 0.5) is 0 Å². The monoisotopic (exact) mass is 421 g/mol. The number of fused-ring (bicyclic) bond motifs is 1. The number of carbonyl (C=O) groups excluding carboxylic acids is 1. The van der Waals surface area contributed by atoms with Crippen molar-refractivity contribution in [2.24, 2.45) is 0 Å². The maximum atomic E-state index is 12.8. The van der Waals surface area contributed by atoms with Crippen LogP contribution in [0.3, 0.4) is 0 Å². The van der Waals surface area contributed by atoms with Gasteiger partial charge in [0, 0.05) is 13.2 Å². The van der Waals surface area contributed by atoms with E-state index in [1.54, 1.807) is 0 Å². The molecule has 0 spiro atoms. The van der Waals surface area contributed by atoms with Crippen LogP contribution in [0.25, 0.3) is 0 Å². The van der Waals surface area contributed by atoms with Crippen LogP contribution in [0.2, 0.25) is 18.1 Å². The molecule has 1 aromatic carbocycles. The topological polar surface area (TPSA) is 57.0 Å². The summed E-state index contributed by atoms with van der Waals surface area (Å²) in [7, 11) is -1.83. The molecule has 0 bridgehead atoms. The normalized spacial score (nSPS) is 23.8. The first kappa shape index (κ1) is 22.1. The highest BCUT2D eigenvalue weighted by atomic mass is 28.4. The number of carbonyl (C=O) groups is 1. The maximum Gasteiger partial charge on any atom is 0.325 e. The molecule has 1 aromatic rings. The minimum Gasteiger partial charge on any atom is -0.459 e. The molecular formula is C22H35NO5Si. The summed E-state index contributed by atoms with van der Waals surface area (Å²) in [6.45, 7) is 18.4. The average Bonchev–Trinajstić information content (AvgIpc) is 3.08. The Hall–Kier alpha value is -1.57. The van der Waals surface area contributed by atoms with Gasteiger partial charge in [-0.15, -0.1) is 0 Å². The lowest BCUT2D eigenvalue weighted by Gasteiger charge is -2.36. The Morgan fingerprint density at radius 1 is 1.14 bits per heavy atom. The molecule has 0 radical (unpaired) electrons. The van der Waals surface area contributed by atoms with Crippen molar-refractivity contribution in [2.45, 2.75) is 77.4 Å².